The van der Waals surface area contributed by atoms with Crippen LogP contribution in [0, 0.1) is 18.7 Å². The fraction of sp³-hybridized carbons (Fsp3) is 0.235. The van der Waals surface area contributed by atoms with Gasteiger partial charge in [0.1, 0.15) is 22.6 Å². The van der Waals surface area contributed by atoms with Gasteiger partial charge in [-0.2, -0.15) is 8.42 Å². The van der Waals surface area contributed by atoms with Gasteiger partial charge in [0.05, 0.1) is 30.3 Å². The Kier molecular flexibility index (Phi) is 11.1. The maximum atomic E-state index is 15.2. The van der Waals surface area contributed by atoms with Crippen molar-refractivity contribution in [1.82, 2.24) is 14.3 Å². The second-order valence-corrected chi connectivity index (χ2v) is 13.1. The molecule has 0 aliphatic heterocycles. The third-order valence-corrected chi connectivity index (χ3v) is 7.88. The number of carbonyl (C=O) groups is 2. The van der Waals surface area contributed by atoms with E-state index in [1.165, 1.54) is 34.6 Å². The second kappa shape index (κ2) is 14.9. The minimum atomic E-state index is -3.67. The maximum absolute atomic E-state index is 15.2. The van der Waals surface area contributed by atoms with E-state index in [1.807, 2.05) is 0 Å². The molecule has 1 amide bonds. The fourth-order valence-electron chi connectivity index (χ4n) is 4.91. The number of anilines is 1. The molecule has 0 saturated carbocycles. The van der Waals surface area contributed by atoms with Crippen molar-refractivity contribution in [1.29, 1.82) is 0 Å². The van der Waals surface area contributed by atoms with Crippen LogP contribution >= 0.6 is 0 Å². The number of carboxylic acids is 1. The summed E-state index contributed by atoms with van der Waals surface area (Å²) >= 11 is 0. The van der Waals surface area contributed by atoms with Crippen LogP contribution in [0.15, 0.2) is 83.8 Å². The Labute approximate surface area is 286 Å². The zero-order valence-corrected chi connectivity index (χ0v) is 28.6. The van der Waals surface area contributed by atoms with Gasteiger partial charge in [-0.3, -0.25) is 28.6 Å². The number of carboxylic acid groups (broad SMARTS) is 1. The summed E-state index contributed by atoms with van der Waals surface area (Å²) in [6.07, 6.45) is 2.25. The summed E-state index contributed by atoms with van der Waals surface area (Å²) in [4.78, 5) is 43.3. The maximum Gasteiger partial charge on any atom is 0.323 e. The number of hydrogen-bond acceptors (Lipinski definition) is 9. The third kappa shape index (κ3) is 8.52. The number of nitrogens with two attached hydrogens (primary N) is 1. The normalized spacial score (nSPS) is 13.0. The van der Waals surface area contributed by atoms with Gasteiger partial charge in [-0.1, -0.05) is 25.1 Å². The summed E-state index contributed by atoms with van der Waals surface area (Å²) in [6, 6.07) is 19.4. The lowest BCUT2D eigenvalue weighted by Gasteiger charge is -2.28. The van der Waals surface area contributed by atoms with Gasteiger partial charge in [0, 0.05) is 41.9 Å². The molecule has 0 fully saturated rings. The fourth-order valence-corrected chi connectivity index (χ4v) is 4.91. The van der Waals surface area contributed by atoms with Crippen molar-refractivity contribution in [3.8, 4) is 22.9 Å². The molecular formula is C34H36FN5O9S. The number of ether oxygens (including phenoxy) is 2. The van der Waals surface area contributed by atoms with Crippen molar-refractivity contribution in [2.24, 2.45) is 11.7 Å². The summed E-state index contributed by atoms with van der Waals surface area (Å²) in [5.74, 6) is -2.42. The van der Waals surface area contributed by atoms with E-state index in [4.69, 9.17) is 19.8 Å². The van der Waals surface area contributed by atoms with Crippen LogP contribution in [0.1, 0.15) is 29.9 Å². The van der Waals surface area contributed by atoms with Gasteiger partial charge in [0.15, 0.2) is 11.6 Å². The van der Waals surface area contributed by atoms with Gasteiger partial charge in [0.2, 0.25) is 0 Å². The van der Waals surface area contributed by atoms with Crippen LogP contribution in [-0.2, 0) is 21.5 Å². The number of para-hydroxylation sites is 1. The molecule has 2 atom stereocenters. The van der Waals surface area contributed by atoms with E-state index in [0.29, 0.717) is 34.3 Å². The number of halogens is 1. The SMILES string of the molecule is COc1ccc2c(Oc3ccc(NC(=O)c4c(C)n(C[C@H](C)[C@](C)(N)C(=O)O)n(-c5ccccc5)c4=O)cc3F)ccnc2c1.CS(=O)(=O)O. The van der Waals surface area contributed by atoms with Crippen molar-refractivity contribution >= 4 is 38.6 Å². The van der Waals surface area contributed by atoms with E-state index in [2.05, 4.69) is 10.3 Å². The standard InChI is InChI=1S/C33H32FN5O6.CH4O3S/c1-19(33(3,35)32(42)43)18-38-20(2)29(31(41)39(38)22-8-6-5-7-9-22)30(40)37-21-10-13-28(25(34)16-21)45-27-14-15-36-26-17-23(44-4)11-12-24(26)27;1-5(2,3)4/h5-17,19H,18,35H2,1-4H3,(H,37,40)(H,42,43);1H3,(H,2,3,4)/t19-,33-;/m0./s1. The summed E-state index contributed by atoms with van der Waals surface area (Å²) in [5, 5.41) is 12.9. The first-order chi connectivity index (χ1) is 23.4. The lowest BCUT2D eigenvalue weighted by Crippen LogP contribution is -2.52. The number of aliphatic carboxylic acids is 1. The van der Waals surface area contributed by atoms with Gasteiger partial charge in [0.25, 0.3) is 21.6 Å². The zero-order valence-electron chi connectivity index (χ0n) is 27.7. The van der Waals surface area contributed by atoms with Gasteiger partial charge >= 0.3 is 5.97 Å². The van der Waals surface area contributed by atoms with E-state index < -0.39 is 44.8 Å². The lowest BCUT2D eigenvalue weighted by molar-refractivity contribution is -0.144. The van der Waals surface area contributed by atoms with E-state index >= 15 is 4.39 Å². The summed E-state index contributed by atoms with van der Waals surface area (Å²) < 4.78 is 55.0. The Bertz CT molecular complexity index is 2210. The minimum Gasteiger partial charge on any atom is -0.497 e. The molecule has 3 aromatic carbocycles. The third-order valence-electron chi connectivity index (χ3n) is 7.88. The molecule has 0 aliphatic rings. The Morgan fingerprint density at radius 1 is 1.08 bits per heavy atom. The zero-order chi connectivity index (χ0) is 37.0. The Morgan fingerprint density at radius 3 is 2.34 bits per heavy atom. The molecule has 5 aromatic rings. The molecule has 14 nitrogen and oxygen atoms in total. The molecule has 16 heteroatoms. The van der Waals surface area contributed by atoms with Crippen LogP contribution in [0.4, 0.5) is 10.1 Å². The van der Waals surface area contributed by atoms with E-state index in [9.17, 15) is 27.9 Å². The van der Waals surface area contributed by atoms with E-state index in [1.54, 1.807) is 75.6 Å². The molecule has 5 rings (SSSR count). The molecule has 0 radical (unpaired) electrons. The number of nitrogens with one attached hydrogen (secondary N) is 1. The van der Waals surface area contributed by atoms with Crippen molar-refractivity contribution in [2.45, 2.75) is 32.9 Å². The van der Waals surface area contributed by atoms with E-state index in [-0.39, 0.29) is 29.2 Å². The monoisotopic (exact) mass is 709 g/mol. The van der Waals surface area contributed by atoms with Crippen LogP contribution in [0.3, 0.4) is 0 Å². The predicted octanol–water partition coefficient (Wildman–Crippen LogP) is 4.63. The molecule has 0 saturated heterocycles. The summed E-state index contributed by atoms with van der Waals surface area (Å²) in [7, 11) is -2.12. The molecule has 50 heavy (non-hydrogen) atoms. The Hall–Kier alpha value is -5.58. The molecule has 0 unspecified atom stereocenters. The number of pyridine rings is 1. The second-order valence-electron chi connectivity index (χ2n) is 11.6. The quantitative estimate of drug-likeness (QED) is 0.147. The number of aromatic nitrogens is 3. The molecule has 0 aliphatic carbocycles. The summed E-state index contributed by atoms with van der Waals surface area (Å²) in [5.41, 5.74) is 5.13. The smallest absolute Gasteiger partial charge is 0.323 e. The number of carbonyl (C=O) groups excluding carboxylic acids is 1. The van der Waals surface area contributed by atoms with Gasteiger partial charge in [-0.25, -0.2) is 9.07 Å². The molecule has 5 N–H and O–H groups in total. The highest BCUT2D eigenvalue weighted by molar-refractivity contribution is 7.85. The number of fused-ring (bicyclic) bond motifs is 1. The van der Waals surface area contributed by atoms with Crippen molar-refractivity contribution < 1.29 is 41.5 Å². The highest BCUT2D eigenvalue weighted by Gasteiger charge is 2.36. The van der Waals surface area contributed by atoms with Crippen LogP contribution in [0.25, 0.3) is 16.6 Å². The number of amides is 1. The van der Waals surface area contributed by atoms with Crippen LogP contribution in [0.5, 0.6) is 17.2 Å². The Balaban J connectivity index is 0.00000105. The van der Waals surface area contributed by atoms with Crippen molar-refractivity contribution in [2.75, 3.05) is 18.7 Å². The van der Waals surface area contributed by atoms with Gasteiger partial charge < -0.3 is 25.6 Å². The molecule has 0 bridgehead atoms. The molecule has 2 aromatic heterocycles. The average Bonchev–Trinajstić information content (AvgIpc) is 3.29. The number of benzene rings is 3. The van der Waals surface area contributed by atoms with Crippen molar-refractivity contribution in [3.05, 3.63) is 106 Å². The number of methoxy groups -OCH3 is 1. The molecule has 0 spiro atoms. The highest BCUT2D eigenvalue weighted by atomic mass is 32.2. The van der Waals surface area contributed by atoms with Crippen molar-refractivity contribution in [3.63, 3.8) is 0 Å². The first-order valence-corrected chi connectivity index (χ1v) is 16.8. The molecule has 264 valence electrons. The topological polar surface area (TPSA) is 205 Å². The average molecular weight is 710 g/mol. The predicted molar refractivity (Wildman–Crippen MR) is 184 cm³/mol. The number of hydrogen-bond donors (Lipinski definition) is 4. The number of nitrogens with zero attached hydrogens (tertiary/aromatic N) is 3. The molecular weight excluding hydrogens is 673 g/mol. The van der Waals surface area contributed by atoms with Crippen LogP contribution < -0.4 is 26.1 Å². The Morgan fingerprint density at radius 2 is 1.74 bits per heavy atom. The lowest BCUT2D eigenvalue weighted by atomic mass is 9.88. The van der Waals surface area contributed by atoms with Gasteiger partial charge in [-0.15, -0.1) is 0 Å². The highest BCUT2D eigenvalue weighted by Crippen LogP contribution is 2.33. The van der Waals surface area contributed by atoms with Crippen LogP contribution in [-0.4, -0.2) is 63.2 Å². The van der Waals surface area contributed by atoms with Gasteiger partial charge in [-0.05, 0) is 56.3 Å². The number of rotatable bonds is 10. The van der Waals surface area contributed by atoms with E-state index in [0.717, 1.165) is 6.07 Å². The first-order valence-electron chi connectivity index (χ1n) is 15.0. The summed E-state index contributed by atoms with van der Waals surface area (Å²) in [6.45, 7) is 4.67. The van der Waals surface area contributed by atoms with Crippen LogP contribution in [0.2, 0.25) is 0 Å². The minimum absolute atomic E-state index is 0.0275. The molecule has 2 heterocycles. The first kappa shape index (κ1) is 37.2. The largest absolute Gasteiger partial charge is 0.497 e.